The highest BCUT2D eigenvalue weighted by atomic mass is 19.1. The molecule has 120 valence electrons. The molecule has 3 rings (SSSR count). The van der Waals surface area contributed by atoms with Crippen molar-refractivity contribution in [2.75, 3.05) is 11.9 Å². The molecule has 0 N–H and O–H groups in total. The van der Waals surface area contributed by atoms with Gasteiger partial charge >= 0.3 is 0 Å². The molecule has 2 aromatic carbocycles. The minimum Gasteiger partial charge on any atom is -0.355 e. The summed E-state index contributed by atoms with van der Waals surface area (Å²) < 4.78 is 13.2. The molecule has 4 nitrogen and oxygen atoms in total. The zero-order chi connectivity index (χ0) is 17.3. The molecule has 0 unspecified atom stereocenters. The Morgan fingerprint density at radius 2 is 1.75 bits per heavy atom. The van der Waals surface area contributed by atoms with Gasteiger partial charge in [-0.15, -0.1) is 0 Å². The first-order valence-electron chi connectivity index (χ1n) is 7.70. The van der Waals surface area contributed by atoms with E-state index in [1.807, 2.05) is 11.9 Å². The van der Waals surface area contributed by atoms with Gasteiger partial charge in [-0.2, -0.15) is 5.26 Å². The SMILES string of the molecule is CC(C)N(C)c1nc2cc(C#N)ccc2nc1-c1ccc(F)cc1. The Hall–Kier alpha value is -3.00. The van der Waals surface area contributed by atoms with Crippen LogP contribution in [0.1, 0.15) is 19.4 Å². The summed E-state index contributed by atoms with van der Waals surface area (Å²) in [7, 11) is 1.95. The minimum atomic E-state index is -0.287. The zero-order valence-electron chi connectivity index (χ0n) is 13.8. The van der Waals surface area contributed by atoms with Gasteiger partial charge in [0.1, 0.15) is 11.5 Å². The number of anilines is 1. The smallest absolute Gasteiger partial charge is 0.155 e. The third-order valence-electron chi connectivity index (χ3n) is 4.00. The average Bonchev–Trinajstić information content (AvgIpc) is 2.60. The summed E-state index contributed by atoms with van der Waals surface area (Å²) in [6, 6.07) is 13.8. The average molecular weight is 320 g/mol. The lowest BCUT2D eigenvalue weighted by molar-refractivity contribution is 0.628. The molecule has 1 aromatic heterocycles. The summed E-state index contributed by atoms with van der Waals surface area (Å²) in [5, 5.41) is 9.08. The van der Waals surface area contributed by atoms with Gasteiger partial charge in [0.2, 0.25) is 0 Å². The largest absolute Gasteiger partial charge is 0.355 e. The van der Waals surface area contributed by atoms with E-state index < -0.39 is 0 Å². The molecule has 5 heteroatoms. The van der Waals surface area contributed by atoms with E-state index in [0.29, 0.717) is 28.1 Å². The van der Waals surface area contributed by atoms with E-state index in [1.54, 1.807) is 30.3 Å². The van der Waals surface area contributed by atoms with Gasteiger partial charge in [0.05, 0.1) is 22.7 Å². The molecule has 0 saturated carbocycles. The molecule has 0 aliphatic heterocycles. The highest BCUT2D eigenvalue weighted by Gasteiger charge is 2.17. The molecule has 3 aromatic rings. The van der Waals surface area contributed by atoms with Crippen LogP contribution in [0.5, 0.6) is 0 Å². The second-order valence-corrected chi connectivity index (χ2v) is 5.92. The molecular weight excluding hydrogens is 303 g/mol. The number of aromatic nitrogens is 2. The highest BCUT2D eigenvalue weighted by Crippen LogP contribution is 2.30. The molecule has 0 aliphatic carbocycles. The third-order valence-corrected chi connectivity index (χ3v) is 4.00. The van der Waals surface area contributed by atoms with E-state index in [9.17, 15) is 4.39 Å². The van der Waals surface area contributed by atoms with Crippen molar-refractivity contribution < 1.29 is 4.39 Å². The van der Waals surface area contributed by atoms with Gasteiger partial charge in [0, 0.05) is 18.7 Å². The normalized spacial score (nSPS) is 10.8. The maximum Gasteiger partial charge on any atom is 0.155 e. The van der Waals surface area contributed by atoms with Gasteiger partial charge < -0.3 is 4.90 Å². The Morgan fingerprint density at radius 1 is 1.04 bits per heavy atom. The van der Waals surface area contributed by atoms with Crippen molar-refractivity contribution in [3.05, 3.63) is 53.8 Å². The number of nitrogens with zero attached hydrogens (tertiary/aromatic N) is 4. The van der Waals surface area contributed by atoms with Gasteiger partial charge in [-0.1, -0.05) is 0 Å². The van der Waals surface area contributed by atoms with Crippen LogP contribution in [-0.4, -0.2) is 23.1 Å². The molecular formula is C19H17FN4. The molecule has 0 amide bonds. The fourth-order valence-corrected chi connectivity index (χ4v) is 2.41. The van der Waals surface area contributed by atoms with Crippen LogP contribution in [0.25, 0.3) is 22.3 Å². The van der Waals surface area contributed by atoms with Crippen LogP contribution < -0.4 is 4.90 Å². The Bertz CT molecular complexity index is 926. The van der Waals surface area contributed by atoms with Crippen molar-refractivity contribution in [1.82, 2.24) is 9.97 Å². The number of fused-ring (bicyclic) bond motifs is 1. The van der Waals surface area contributed by atoms with Crippen LogP contribution in [0.2, 0.25) is 0 Å². The summed E-state index contributed by atoms with van der Waals surface area (Å²) in [6.07, 6.45) is 0. The first-order chi connectivity index (χ1) is 11.5. The fraction of sp³-hybridized carbons (Fsp3) is 0.211. The van der Waals surface area contributed by atoms with Gasteiger partial charge in [-0.25, -0.2) is 14.4 Å². The summed E-state index contributed by atoms with van der Waals surface area (Å²) in [5.74, 6) is 0.420. The molecule has 0 fully saturated rings. The van der Waals surface area contributed by atoms with Gasteiger partial charge in [0.15, 0.2) is 5.82 Å². The van der Waals surface area contributed by atoms with Gasteiger partial charge in [0.25, 0.3) is 0 Å². The monoisotopic (exact) mass is 320 g/mol. The fourth-order valence-electron chi connectivity index (χ4n) is 2.41. The van der Waals surface area contributed by atoms with Crippen LogP contribution in [0.4, 0.5) is 10.2 Å². The summed E-state index contributed by atoms with van der Waals surface area (Å²) in [5.41, 5.74) is 3.42. The lowest BCUT2D eigenvalue weighted by atomic mass is 10.1. The second-order valence-electron chi connectivity index (χ2n) is 5.92. The molecule has 0 aliphatic rings. The van der Waals surface area contributed by atoms with E-state index in [4.69, 9.17) is 15.2 Å². The van der Waals surface area contributed by atoms with Crippen molar-refractivity contribution in [2.24, 2.45) is 0 Å². The number of nitriles is 1. The van der Waals surface area contributed by atoms with Crippen molar-refractivity contribution in [3.8, 4) is 17.3 Å². The van der Waals surface area contributed by atoms with E-state index in [1.165, 1.54) is 12.1 Å². The summed E-state index contributed by atoms with van der Waals surface area (Å²) in [6.45, 7) is 4.12. The molecule has 1 heterocycles. The number of rotatable bonds is 3. The summed E-state index contributed by atoms with van der Waals surface area (Å²) >= 11 is 0. The minimum absolute atomic E-state index is 0.218. The van der Waals surface area contributed by atoms with Crippen LogP contribution in [0.15, 0.2) is 42.5 Å². The Kier molecular flexibility index (Phi) is 4.13. The van der Waals surface area contributed by atoms with E-state index >= 15 is 0 Å². The lowest BCUT2D eigenvalue weighted by Crippen LogP contribution is -2.27. The first-order valence-corrected chi connectivity index (χ1v) is 7.70. The molecule has 0 bridgehead atoms. The number of hydrogen-bond acceptors (Lipinski definition) is 4. The predicted octanol–water partition coefficient (Wildman–Crippen LogP) is 4.15. The number of hydrogen-bond donors (Lipinski definition) is 0. The molecule has 24 heavy (non-hydrogen) atoms. The van der Waals surface area contributed by atoms with Crippen molar-refractivity contribution in [1.29, 1.82) is 5.26 Å². The lowest BCUT2D eigenvalue weighted by Gasteiger charge is -2.25. The molecule has 0 atom stereocenters. The molecule has 0 saturated heterocycles. The molecule has 0 spiro atoms. The Labute approximate surface area is 140 Å². The van der Waals surface area contributed by atoms with Gasteiger partial charge in [-0.05, 0) is 56.3 Å². The Morgan fingerprint density at radius 3 is 2.38 bits per heavy atom. The standard InChI is InChI=1S/C19H17FN4/c1-12(2)24(3)19-18(14-5-7-15(20)8-6-14)22-16-9-4-13(11-21)10-17(16)23-19/h4-10,12H,1-3H3. The van der Waals surface area contributed by atoms with Crippen LogP contribution in [-0.2, 0) is 0 Å². The maximum atomic E-state index is 13.2. The second kappa shape index (κ2) is 6.25. The quantitative estimate of drug-likeness (QED) is 0.727. The third kappa shape index (κ3) is 2.91. The van der Waals surface area contributed by atoms with Crippen LogP contribution in [0, 0.1) is 17.1 Å². The van der Waals surface area contributed by atoms with Gasteiger partial charge in [-0.3, -0.25) is 0 Å². The number of halogens is 1. The highest BCUT2D eigenvalue weighted by molar-refractivity contribution is 5.84. The van der Waals surface area contributed by atoms with E-state index in [0.717, 1.165) is 5.56 Å². The molecule has 0 radical (unpaired) electrons. The number of benzene rings is 2. The van der Waals surface area contributed by atoms with Crippen LogP contribution >= 0.6 is 0 Å². The maximum absolute atomic E-state index is 13.2. The topological polar surface area (TPSA) is 52.8 Å². The van der Waals surface area contributed by atoms with E-state index in [2.05, 4.69) is 19.9 Å². The predicted molar refractivity (Wildman–Crippen MR) is 93.2 cm³/mol. The van der Waals surface area contributed by atoms with E-state index in [-0.39, 0.29) is 11.9 Å². The van der Waals surface area contributed by atoms with Crippen molar-refractivity contribution in [3.63, 3.8) is 0 Å². The Balaban J connectivity index is 2.27. The van der Waals surface area contributed by atoms with Crippen LogP contribution in [0.3, 0.4) is 0 Å². The van der Waals surface area contributed by atoms with Crippen molar-refractivity contribution >= 4 is 16.9 Å². The van der Waals surface area contributed by atoms with Crippen molar-refractivity contribution in [2.45, 2.75) is 19.9 Å². The first kappa shape index (κ1) is 15.9. The summed E-state index contributed by atoms with van der Waals surface area (Å²) in [4.78, 5) is 11.5. The zero-order valence-corrected chi connectivity index (χ0v) is 13.8.